The normalized spacial score (nSPS) is 15.9. The molecule has 1 fully saturated rings. The summed E-state index contributed by atoms with van der Waals surface area (Å²) < 4.78 is 5.27. The lowest BCUT2D eigenvalue weighted by atomic mass is 10.2. The van der Waals surface area contributed by atoms with E-state index in [1.54, 1.807) is 12.3 Å². The molecule has 0 radical (unpaired) electrons. The van der Waals surface area contributed by atoms with Gasteiger partial charge in [-0.1, -0.05) is 0 Å². The van der Waals surface area contributed by atoms with Gasteiger partial charge in [-0.2, -0.15) is 0 Å². The Hall–Kier alpha value is -1.82. The van der Waals surface area contributed by atoms with E-state index in [0.717, 1.165) is 18.8 Å². The Labute approximate surface area is 93.4 Å². The van der Waals surface area contributed by atoms with E-state index in [-0.39, 0.29) is 0 Å². The SMILES string of the molecule is Nc1cc(N2CCOCC2)c(NC=O)cn1. The van der Waals surface area contributed by atoms with Gasteiger partial charge in [0.2, 0.25) is 6.41 Å². The van der Waals surface area contributed by atoms with Crippen LogP contribution in [-0.4, -0.2) is 37.7 Å². The highest BCUT2D eigenvalue weighted by Gasteiger charge is 2.15. The van der Waals surface area contributed by atoms with Crippen molar-refractivity contribution >= 4 is 23.6 Å². The van der Waals surface area contributed by atoms with Crippen LogP contribution in [0.2, 0.25) is 0 Å². The molecule has 0 spiro atoms. The van der Waals surface area contributed by atoms with E-state index in [0.29, 0.717) is 31.1 Å². The third-order valence-corrected chi connectivity index (χ3v) is 2.47. The highest BCUT2D eigenvalue weighted by Crippen LogP contribution is 2.26. The molecule has 1 aliphatic heterocycles. The Morgan fingerprint density at radius 2 is 2.25 bits per heavy atom. The topological polar surface area (TPSA) is 80.5 Å². The van der Waals surface area contributed by atoms with Crippen LogP contribution in [0, 0.1) is 0 Å². The third-order valence-electron chi connectivity index (χ3n) is 2.47. The van der Waals surface area contributed by atoms with Crippen LogP contribution in [0.3, 0.4) is 0 Å². The van der Waals surface area contributed by atoms with Crippen LogP contribution in [0.4, 0.5) is 17.2 Å². The van der Waals surface area contributed by atoms with E-state index in [4.69, 9.17) is 10.5 Å². The number of amides is 1. The Morgan fingerprint density at radius 3 is 2.94 bits per heavy atom. The Kier molecular flexibility index (Phi) is 3.21. The number of nitrogen functional groups attached to an aromatic ring is 1. The zero-order valence-electron chi connectivity index (χ0n) is 8.85. The van der Waals surface area contributed by atoms with E-state index in [1.165, 1.54) is 0 Å². The predicted molar refractivity (Wildman–Crippen MR) is 61.4 cm³/mol. The highest BCUT2D eigenvalue weighted by molar-refractivity contribution is 5.82. The summed E-state index contributed by atoms with van der Waals surface area (Å²) in [6, 6.07) is 1.76. The average molecular weight is 222 g/mol. The lowest BCUT2D eigenvalue weighted by Crippen LogP contribution is -2.36. The molecular weight excluding hydrogens is 208 g/mol. The fourth-order valence-electron chi connectivity index (χ4n) is 1.70. The molecule has 1 saturated heterocycles. The van der Waals surface area contributed by atoms with E-state index in [2.05, 4.69) is 15.2 Å². The van der Waals surface area contributed by atoms with Gasteiger partial charge in [-0.15, -0.1) is 0 Å². The number of ether oxygens (including phenoxy) is 1. The summed E-state index contributed by atoms with van der Waals surface area (Å²) in [6.45, 7) is 2.94. The molecule has 0 bridgehead atoms. The zero-order chi connectivity index (χ0) is 11.4. The number of morpholine rings is 1. The summed E-state index contributed by atoms with van der Waals surface area (Å²) >= 11 is 0. The number of nitrogens with one attached hydrogen (secondary N) is 1. The first-order valence-corrected chi connectivity index (χ1v) is 5.09. The second-order valence-corrected chi connectivity index (χ2v) is 3.49. The number of nitrogens with zero attached hydrogens (tertiary/aromatic N) is 2. The van der Waals surface area contributed by atoms with Gasteiger partial charge in [-0.3, -0.25) is 4.79 Å². The Bertz CT molecular complexity index is 377. The van der Waals surface area contributed by atoms with Gasteiger partial charge in [-0.05, 0) is 0 Å². The molecule has 6 nitrogen and oxygen atoms in total. The maximum atomic E-state index is 10.5. The third kappa shape index (κ3) is 2.22. The van der Waals surface area contributed by atoms with E-state index in [9.17, 15) is 4.79 Å². The molecular formula is C10H14N4O2. The molecule has 16 heavy (non-hydrogen) atoms. The van der Waals surface area contributed by atoms with Gasteiger partial charge < -0.3 is 20.7 Å². The molecule has 0 saturated carbocycles. The second kappa shape index (κ2) is 4.80. The second-order valence-electron chi connectivity index (χ2n) is 3.49. The molecule has 0 unspecified atom stereocenters. The molecule has 0 aliphatic carbocycles. The van der Waals surface area contributed by atoms with Crippen molar-refractivity contribution in [2.75, 3.05) is 42.3 Å². The minimum absolute atomic E-state index is 0.443. The number of hydrogen-bond acceptors (Lipinski definition) is 5. The molecule has 2 rings (SSSR count). The van der Waals surface area contributed by atoms with Crippen molar-refractivity contribution in [3.05, 3.63) is 12.3 Å². The lowest BCUT2D eigenvalue weighted by molar-refractivity contribution is -0.105. The van der Waals surface area contributed by atoms with Gasteiger partial charge in [0.05, 0.1) is 30.8 Å². The number of nitrogens with two attached hydrogens (primary N) is 1. The minimum atomic E-state index is 0.443. The maximum absolute atomic E-state index is 10.5. The first-order chi connectivity index (χ1) is 7.81. The van der Waals surface area contributed by atoms with Crippen molar-refractivity contribution in [2.45, 2.75) is 0 Å². The largest absolute Gasteiger partial charge is 0.384 e. The summed E-state index contributed by atoms with van der Waals surface area (Å²) in [7, 11) is 0. The fourth-order valence-corrected chi connectivity index (χ4v) is 1.70. The quantitative estimate of drug-likeness (QED) is 0.707. The van der Waals surface area contributed by atoms with Crippen LogP contribution in [0.1, 0.15) is 0 Å². The maximum Gasteiger partial charge on any atom is 0.211 e. The molecule has 1 aromatic heterocycles. The number of carbonyl (C=O) groups excluding carboxylic acids is 1. The van der Waals surface area contributed by atoms with Gasteiger partial charge in [-0.25, -0.2) is 4.98 Å². The molecule has 86 valence electrons. The summed E-state index contributed by atoms with van der Waals surface area (Å²) in [5, 5.41) is 2.62. The van der Waals surface area contributed by atoms with Gasteiger partial charge in [0.1, 0.15) is 5.82 Å². The first-order valence-electron chi connectivity index (χ1n) is 5.09. The molecule has 0 atom stereocenters. The number of aromatic nitrogens is 1. The molecule has 0 aromatic carbocycles. The lowest BCUT2D eigenvalue weighted by Gasteiger charge is -2.30. The summed E-state index contributed by atoms with van der Waals surface area (Å²) in [4.78, 5) is 16.6. The monoisotopic (exact) mass is 222 g/mol. The molecule has 3 N–H and O–H groups in total. The number of rotatable bonds is 3. The standard InChI is InChI=1S/C10H14N4O2/c11-10-5-9(8(6-12-10)13-7-15)14-1-3-16-4-2-14/h5-7H,1-4H2,(H2,11,12)(H,13,15). The summed E-state index contributed by atoms with van der Waals surface area (Å²) in [5.41, 5.74) is 7.21. The molecule has 1 amide bonds. The fraction of sp³-hybridized carbons (Fsp3) is 0.400. The first kappa shape index (κ1) is 10.7. The highest BCUT2D eigenvalue weighted by atomic mass is 16.5. The van der Waals surface area contributed by atoms with Crippen LogP contribution in [0.5, 0.6) is 0 Å². The predicted octanol–water partition coefficient (Wildman–Crippen LogP) is 0.0687. The van der Waals surface area contributed by atoms with Gasteiger partial charge >= 0.3 is 0 Å². The number of anilines is 3. The van der Waals surface area contributed by atoms with Crippen molar-refractivity contribution in [3.8, 4) is 0 Å². The van der Waals surface area contributed by atoms with Gasteiger partial charge in [0.25, 0.3) is 0 Å². The van der Waals surface area contributed by atoms with Crippen molar-refractivity contribution in [1.82, 2.24) is 4.98 Å². The summed E-state index contributed by atoms with van der Waals surface area (Å²) in [6.07, 6.45) is 2.20. The van der Waals surface area contributed by atoms with Gasteiger partial charge in [0, 0.05) is 19.2 Å². The van der Waals surface area contributed by atoms with E-state index >= 15 is 0 Å². The van der Waals surface area contributed by atoms with Crippen molar-refractivity contribution in [3.63, 3.8) is 0 Å². The molecule has 1 aliphatic rings. The van der Waals surface area contributed by atoms with Crippen molar-refractivity contribution in [1.29, 1.82) is 0 Å². The Morgan fingerprint density at radius 1 is 1.50 bits per heavy atom. The Balaban J connectivity index is 2.27. The average Bonchev–Trinajstić information content (AvgIpc) is 2.33. The zero-order valence-corrected chi connectivity index (χ0v) is 8.85. The van der Waals surface area contributed by atoms with E-state index < -0.39 is 0 Å². The van der Waals surface area contributed by atoms with Gasteiger partial charge in [0.15, 0.2) is 0 Å². The summed E-state index contributed by atoms with van der Waals surface area (Å²) in [5.74, 6) is 0.443. The van der Waals surface area contributed by atoms with Crippen LogP contribution >= 0.6 is 0 Å². The molecule has 6 heteroatoms. The van der Waals surface area contributed by atoms with Crippen LogP contribution in [0.25, 0.3) is 0 Å². The van der Waals surface area contributed by atoms with Crippen molar-refractivity contribution < 1.29 is 9.53 Å². The molecule has 2 heterocycles. The molecule has 1 aromatic rings. The van der Waals surface area contributed by atoms with Crippen LogP contribution in [0.15, 0.2) is 12.3 Å². The van der Waals surface area contributed by atoms with Crippen molar-refractivity contribution in [2.24, 2.45) is 0 Å². The van der Waals surface area contributed by atoms with Crippen LogP contribution < -0.4 is 16.0 Å². The number of carbonyl (C=O) groups is 1. The minimum Gasteiger partial charge on any atom is -0.384 e. The smallest absolute Gasteiger partial charge is 0.211 e. The number of pyridine rings is 1. The van der Waals surface area contributed by atoms with Crippen LogP contribution in [-0.2, 0) is 9.53 Å². The number of hydrogen-bond donors (Lipinski definition) is 2. The van der Waals surface area contributed by atoms with E-state index in [1.807, 2.05) is 0 Å².